The SMILES string of the molecule is CC(C)COc1ccc(CCNc2cnn(C)c(=O)c2Cl)cc1. The number of nitrogens with zero attached hydrogens (tertiary/aromatic N) is 2. The zero-order valence-corrected chi connectivity index (χ0v) is 14.4. The summed E-state index contributed by atoms with van der Waals surface area (Å²) in [6.07, 6.45) is 2.38. The fraction of sp³-hybridized carbons (Fsp3) is 0.412. The van der Waals surface area contributed by atoms with Crippen molar-refractivity contribution in [1.82, 2.24) is 9.78 Å². The molecule has 1 N–H and O–H groups in total. The van der Waals surface area contributed by atoms with Gasteiger partial charge in [0.2, 0.25) is 0 Å². The van der Waals surface area contributed by atoms with Gasteiger partial charge in [-0.15, -0.1) is 0 Å². The van der Waals surface area contributed by atoms with Gasteiger partial charge < -0.3 is 10.1 Å². The first-order chi connectivity index (χ1) is 11.0. The highest BCUT2D eigenvalue weighted by Gasteiger charge is 2.06. The average molecular weight is 336 g/mol. The summed E-state index contributed by atoms with van der Waals surface area (Å²) in [4.78, 5) is 11.7. The number of rotatable bonds is 7. The van der Waals surface area contributed by atoms with E-state index in [4.69, 9.17) is 16.3 Å². The molecule has 0 amide bonds. The molecule has 5 nitrogen and oxygen atoms in total. The first kappa shape index (κ1) is 17.3. The number of halogens is 1. The molecule has 0 saturated heterocycles. The Hall–Kier alpha value is -2.01. The maximum Gasteiger partial charge on any atom is 0.287 e. The van der Waals surface area contributed by atoms with E-state index in [2.05, 4.69) is 24.3 Å². The summed E-state index contributed by atoms with van der Waals surface area (Å²) >= 11 is 6.01. The van der Waals surface area contributed by atoms with Gasteiger partial charge in [0.15, 0.2) is 0 Å². The minimum Gasteiger partial charge on any atom is -0.493 e. The molecule has 0 unspecified atom stereocenters. The van der Waals surface area contributed by atoms with Crippen LogP contribution in [-0.2, 0) is 13.5 Å². The molecule has 1 aromatic carbocycles. The summed E-state index contributed by atoms with van der Waals surface area (Å²) in [6.45, 7) is 5.63. The molecule has 23 heavy (non-hydrogen) atoms. The van der Waals surface area contributed by atoms with E-state index in [-0.39, 0.29) is 10.6 Å². The van der Waals surface area contributed by atoms with Crippen molar-refractivity contribution in [1.29, 1.82) is 0 Å². The van der Waals surface area contributed by atoms with E-state index in [0.717, 1.165) is 18.8 Å². The normalized spacial score (nSPS) is 10.8. The van der Waals surface area contributed by atoms with Crippen molar-refractivity contribution in [2.45, 2.75) is 20.3 Å². The van der Waals surface area contributed by atoms with Gasteiger partial charge in [-0.3, -0.25) is 4.79 Å². The minimum atomic E-state index is -0.302. The molecule has 0 fully saturated rings. The molecule has 0 aliphatic rings. The van der Waals surface area contributed by atoms with Gasteiger partial charge in [-0.1, -0.05) is 37.6 Å². The van der Waals surface area contributed by atoms with Crippen LogP contribution in [0.3, 0.4) is 0 Å². The number of hydrogen-bond donors (Lipinski definition) is 1. The highest BCUT2D eigenvalue weighted by molar-refractivity contribution is 6.32. The Morgan fingerprint density at radius 3 is 2.65 bits per heavy atom. The maximum absolute atomic E-state index is 11.7. The van der Waals surface area contributed by atoms with Crippen LogP contribution < -0.4 is 15.6 Å². The molecule has 2 rings (SSSR count). The molecule has 0 radical (unpaired) electrons. The van der Waals surface area contributed by atoms with Crippen molar-refractivity contribution in [3.63, 3.8) is 0 Å². The molecular formula is C17H22ClN3O2. The second-order valence-electron chi connectivity index (χ2n) is 5.83. The number of benzene rings is 1. The smallest absolute Gasteiger partial charge is 0.287 e. The zero-order valence-electron chi connectivity index (χ0n) is 13.7. The monoisotopic (exact) mass is 335 g/mol. The Balaban J connectivity index is 1.87. The summed E-state index contributed by atoms with van der Waals surface area (Å²) < 4.78 is 6.87. The average Bonchev–Trinajstić information content (AvgIpc) is 2.54. The molecule has 0 saturated carbocycles. The second-order valence-corrected chi connectivity index (χ2v) is 6.20. The van der Waals surface area contributed by atoms with Gasteiger partial charge in [-0.05, 0) is 30.0 Å². The fourth-order valence-corrected chi connectivity index (χ4v) is 2.23. The summed E-state index contributed by atoms with van der Waals surface area (Å²) in [5.74, 6) is 1.39. The molecule has 2 aromatic rings. The van der Waals surface area contributed by atoms with Gasteiger partial charge in [0.25, 0.3) is 5.56 Å². The summed E-state index contributed by atoms with van der Waals surface area (Å²) in [7, 11) is 1.57. The Morgan fingerprint density at radius 1 is 1.30 bits per heavy atom. The molecule has 0 bridgehead atoms. The molecule has 6 heteroatoms. The van der Waals surface area contributed by atoms with Crippen LogP contribution in [0.1, 0.15) is 19.4 Å². The summed E-state index contributed by atoms with van der Waals surface area (Å²) in [5, 5.41) is 7.26. The number of anilines is 1. The molecule has 0 aliphatic heterocycles. The first-order valence-corrected chi connectivity index (χ1v) is 8.02. The summed E-state index contributed by atoms with van der Waals surface area (Å²) in [5.41, 5.74) is 1.44. The van der Waals surface area contributed by atoms with Gasteiger partial charge in [-0.2, -0.15) is 5.10 Å². The molecule has 1 aromatic heterocycles. The van der Waals surface area contributed by atoms with Crippen LogP contribution in [0.2, 0.25) is 5.02 Å². The van der Waals surface area contributed by atoms with Gasteiger partial charge in [-0.25, -0.2) is 4.68 Å². The lowest BCUT2D eigenvalue weighted by atomic mass is 10.1. The van der Waals surface area contributed by atoms with E-state index in [9.17, 15) is 4.79 Å². The van der Waals surface area contributed by atoms with Crippen molar-refractivity contribution in [3.8, 4) is 5.75 Å². The largest absolute Gasteiger partial charge is 0.493 e. The van der Waals surface area contributed by atoms with Crippen molar-refractivity contribution < 1.29 is 4.74 Å². The van der Waals surface area contributed by atoms with E-state index < -0.39 is 0 Å². The van der Waals surface area contributed by atoms with Gasteiger partial charge in [0, 0.05) is 13.6 Å². The number of aryl methyl sites for hydroxylation is 1. The second kappa shape index (κ2) is 8.02. The number of nitrogens with one attached hydrogen (secondary N) is 1. The Bertz CT molecular complexity index is 696. The third-order valence-corrected chi connectivity index (χ3v) is 3.68. The van der Waals surface area contributed by atoms with E-state index in [1.807, 2.05) is 24.3 Å². The molecule has 0 spiro atoms. The van der Waals surface area contributed by atoms with E-state index in [1.54, 1.807) is 13.2 Å². The van der Waals surface area contributed by atoms with Crippen molar-refractivity contribution >= 4 is 17.3 Å². The van der Waals surface area contributed by atoms with E-state index in [0.29, 0.717) is 18.2 Å². The Kier molecular flexibility index (Phi) is 6.04. The highest BCUT2D eigenvalue weighted by atomic mass is 35.5. The lowest BCUT2D eigenvalue weighted by Crippen LogP contribution is -2.21. The molecule has 0 aliphatic carbocycles. The standard InChI is InChI=1S/C17H22ClN3O2/c1-12(2)11-23-14-6-4-13(5-7-14)8-9-19-15-10-20-21(3)17(22)16(15)18/h4-7,10,12,19H,8-9,11H2,1-3H3. The number of hydrogen-bond acceptors (Lipinski definition) is 4. The third-order valence-electron chi connectivity index (χ3n) is 3.31. The van der Waals surface area contributed by atoms with Crippen LogP contribution in [-0.4, -0.2) is 22.9 Å². The topological polar surface area (TPSA) is 56.1 Å². The van der Waals surface area contributed by atoms with Crippen molar-refractivity contribution in [2.24, 2.45) is 13.0 Å². The van der Waals surface area contributed by atoms with Crippen LogP contribution in [0.4, 0.5) is 5.69 Å². The Morgan fingerprint density at radius 2 is 2.00 bits per heavy atom. The van der Waals surface area contributed by atoms with Crippen LogP contribution in [0.25, 0.3) is 0 Å². The predicted molar refractivity (Wildman–Crippen MR) is 93.5 cm³/mol. The molecule has 0 atom stereocenters. The van der Waals surface area contributed by atoms with Crippen LogP contribution in [0.15, 0.2) is 35.3 Å². The lowest BCUT2D eigenvalue weighted by Gasteiger charge is -2.10. The molecule has 124 valence electrons. The van der Waals surface area contributed by atoms with E-state index >= 15 is 0 Å². The van der Waals surface area contributed by atoms with Crippen molar-refractivity contribution in [2.75, 3.05) is 18.5 Å². The minimum absolute atomic E-state index is 0.167. The lowest BCUT2D eigenvalue weighted by molar-refractivity contribution is 0.271. The van der Waals surface area contributed by atoms with Crippen LogP contribution >= 0.6 is 11.6 Å². The van der Waals surface area contributed by atoms with Crippen molar-refractivity contribution in [3.05, 3.63) is 51.4 Å². The van der Waals surface area contributed by atoms with Gasteiger partial charge in [0.1, 0.15) is 10.8 Å². The number of aromatic nitrogens is 2. The van der Waals surface area contributed by atoms with Gasteiger partial charge in [0.05, 0.1) is 18.5 Å². The predicted octanol–water partition coefficient (Wildman–Crippen LogP) is 3.12. The molecule has 1 heterocycles. The number of ether oxygens (including phenoxy) is 1. The summed E-state index contributed by atoms with van der Waals surface area (Å²) in [6, 6.07) is 8.04. The van der Waals surface area contributed by atoms with Crippen LogP contribution in [0.5, 0.6) is 5.75 Å². The maximum atomic E-state index is 11.7. The molecular weight excluding hydrogens is 314 g/mol. The third kappa shape index (κ3) is 4.99. The quantitative estimate of drug-likeness (QED) is 0.844. The fourth-order valence-electron chi connectivity index (χ4n) is 1.99. The van der Waals surface area contributed by atoms with Gasteiger partial charge >= 0.3 is 0 Å². The van der Waals surface area contributed by atoms with Crippen LogP contribution in [0, 0.1) is 5.92 Å². The Labute approximate surface area is 141 Å². The first-order valence-electron chi connectivity index (χ1n) is 7.65. The van der Waals surface area contributed by atoms with E-state index in [1.165, 1.54) is 10.2 Å². The zero-order chi connectivity index (χ0) is 16.8. The highest BCUT2D eigenvalue weighted by Crippen LogP contribution is 2.16.